The molecule has 0 radical (unpaired) electrons. The van der Waals surface area contributed by atoms with Gasteiger partial charge in [-0.05, 0) is 57.7 Å². The number of fused-ring (bicyclic) bond motifs is 1. The van der Waals surface area contributed by atoms with Gasteiger partial charge in [-0.3, -0.25) is 0 Å². The first-order valence-corrected chi connectivity index (χ1v) is 7.39. The van der Waals surface area contributed by atoms with Crippen LogP contribution in [-0.4, -0.2) is 36.6 Å². The monoisotopic (exact) mass is 222 g/mol. The van der Waals surface area contributed by atoms with E-state index in [1.54, 1.807) is 0 Å². The molecular weight excluding hydrogens is 196 g/mol. The molecule has 2 aliphatic heterocycles. The molecule has 3 fully saturated rings. The highest BCUT2D eigenvalue weighted by atomic mass is 15.2. The van der Waals surface area contributed by atoms with Crippen LogP contribution in [0.1, 0.15) is 51.4 Å². The highest BCUT2D eigenvalue weighted by molar-refractivity contribution is 4.89. The van der Waals surface area contributed by atoms with Crippen LogP contribution in [0.25, 0.3) is 0 Å². The summed E-state index contributed by atoms with van der Waals surface area (Å²) in [7, 11) is 0. The molecule has 2 heterocycles. The highest BCUT2D eigenvalue weighted by Gasteiger charge is 2.31. The summed E-state index contributed by atoms with van der Waals surface area (Å²) in [6, 6.07) is 1.76. The van der Waals surface area contributed by atoms with Crippen molar-refractivity contribution in [3.63, 3.8) is 0 Å². The molecule has 2 heteroatoms. The highest BCUT2D eigenvalue weighted by Crippen LogP contribution is 2.29. The van der Waals surface area contributed by atoms with E-state index in [1.165, 1.54) is 71.0 Å². The standard InChI is InChI=1S/C14H26N2/c1-3-12(4-1)6-8-15-13-7-10-16-9-2-5-14(16)11-13/h12-15H,1-11H2. The number of hydrogen-bond donors (Lipinski definition) is 1. The molecule has 1 aliphatic carbocycles. The largest absolute Gasteiger partial charge is 0.314 e. The molecule has 2 nitrogen and oxygen atoms in total. The quantitative estimate of drug-likeness (QED) is 0.786. The van der Waals surface area contributed by atoms with E-state index in [4.69, 9.17) is 0 Å². The minimum absolute atomic E-state index is 0.833. The number of piperidine rings is 1. The maximum atomic E-state index is 3.81. The molecule has 0 aromatic carbocycles. The predicted molar refractivity (Wildman–Crippen MR) is 67.6 cm³/mol. The van der Waals surface area contributed by atoms with Crippen LogP contribution in [-0.2, 0) is 0 Å². The van der Waals surface area contributed by atoms with Gasteiger partial charge in [-0.1, -0.05) is 19.3 Å². The van der Waals surface area contributed by atoms with Gasteiger partial charge in [0.15, 0.2) is 0 Å². The third-order valence-electron chi connectivity index (χ3n) is 5.03. The van der Waals surface area contributed by atoms with Gasteiger partial charge in [0.05, 0.1) is 0 Å². The molecule has 2 saturated heterocycles. The number of hydrogen-bond acceptors (Lipinski definition) is 2. The molecule has 0 bridgehead atoms. The van der Waals surface area contributed by atoms with Gasteiger partial charge < -0.3 is 10.2 Å². The Hall–Kier alpha value is -0.0800. The van der Waals surface area contributed by atoms with Gasteiger partial charge in [0.1, 0.15) is 0 Å². The van der Waals surface area contributed by atoms with Gasteiger partial charge in [-0.15, -0.1) is 0 Å². The number of nitrogens with one attached hydrogen (secondary N) is 1. The van der Waals surface area contributed by atoms with Crippen molar-refractivity contribution in [2.75, 3.05) is 19.6 Å². The van der Waals surface area contributed by atoms with Crippen molar-refractivity contribution in [1.29, 1.82) is 0 Å². The zero-order valence-corrected chi connectivity index (χ0v) is 10.5. The van der Waals surface area contributed by atoms with Crippen LogP contribution in [0.15, 0.2) is 0 Å². The Balaban J connectivity index is 1.35. The van der Waals surface area contributed by atoms with Gasteiger partial charge >= 0.3 is 0 Å². The molecule has 3 rings (SSSR count). The SMILES string of the molecule is C1CC(CCNC2CCN3CCCC3C2)C1. The fourth-order valence-corrected chi connectivity index (χ4v) is 3.68. The van der Waals surface area contributed by atoms with Crippen LogP contribution in [0.3, 0.4) is 0 Å². The average Bonchev–Trinajstić information content (AvgIpc) is 2.68. The topological polar surface area (TPSA) is 15.3 Å². The number of nitrogens with zero attached hydrogens (tertiary/aromatic N) is 1. The summed E-state index contributed by atoms with van der Waals surface area (Å²) in [4.78, 5) is 2.71. The molecule has 0 aromatic rings. The Labute approximate surface area is 99.8 Å². The van der Waals surface area contributed by atoms with E-state index >= 15 is 0 Å². The Kier molecular flexibility index (Phi) is 3.49. The summed E-state index contributed by atoms with van der Waals surface area (Å²) in [6.45, 7) is 4.01. The van der Waals surface area contributed by atoms with E-state index < -0.39 is 0 Å². The first kappa shape index (κ1) is 11.0. The Morgan fingerprint density at radius 3 is 2.75 bits per heavy atom. The summed E-state index contributed by atoms with van der Waals surface area (Å²) in [5.41, 5.74) is 0. The smallest absolute Gasteiger partial charge is 0.0111 e. The van der Waals surface area contributed by atoms with Crippen LogP contribution < -0.4 is 5.32 Å². The second-order valence-electron chi connectivity index (χ2n) is 6.09. The Bertz CT molecular complexity index is 225. The molecule has 0 amide bonds. The molecular formula is C14H26N2. The summed E-state index contributed by atoms with van der Waals surface area (Å²) in [6.07, 6.45) is 11.6. The van der Waals surface area contributed by atoms with Crippen molar-refractivity contribution in [1.82, 2.24) is 10.2 Å². The van der Waals surface area contributed by atoms with E-state index in [-0.39, 0.29) is 0 Å². The second kappa shape index (κ2) is 5.05. The molecule has 1 saturated carbocycles. The van der Waals surface area contributed by atoms with Gasteiger partial charge in [0.2, 0.25) is 0 Å². The third-order valence-corrected chi connectivity index (χ3v) is 5.03. The van der Waals surface area contributed by atoms with Crippen molar-refractivity contribution in [3.05, 3.63) is 0 Å². The van der Waals surface area contributed by atoms with E-state index in [0.29, 0.717) is 0 Å². The van der Waals surface area contributed by atoms with Crippen LogP contribution in [0.2, 0.25) is 0 Å². The normalized spacial score (nSPS) is 36.0. The maximum absolute atomic E-state index is 3.81. The fraction of sp³-hybridized carbons (Fsp3) is 1.00. The lowest BCUT2D eigenvalue weighted by atomic mass is 9.83. The maximum Gasteiger partial charge on any atom is 0.0111 e. The second-order valence-corrected chi connectivity index (χ2v) is 6.09. The average molecular weight is 222 g/mol. The van der Waals surface area contributed by atoms with E-state index in [9.17, 15) is 0 Å². The summed E-state index contributed by atoms with van der Waals surface area (Å²) >= 11 is 0. The summed E-state index contributed by atoms with van der Waals surface area (Å²) < 4.78 is 0. The van der Waals surface area contributed by atoms with E-state index in [0.717, 1.165) is 18.0 Å². The van der Waals surface area contributed by atoms with Crippen molar-refractivity contribution >= 4 is 0 Å². The minimum atomic E-state index is 0.833. The summed E-state index contributed by atoms with van der Waals surface area (Å²) in [5.74, 6) is 1.07. The fourth-order valence-electron chi connectivity index (χ4n) is 3.68. The van der Waals surface area contributed by atoms with E-state index in [1.807, 2.05) is 0 Å². The van der Waals surface area contributed by atoms with Gasteiger partial charge in [-0.2, -0.15) is 0 Å². The molecule has 0 aromatic heterocycles. The van der Waals surface area contributed by atoms with Crippen LogP contribution >= 0.6 is 0 Å². The Morgan fingerprint density at radius 1 is 1.00 bits per heavy atom. The zero-order valence-electron chi connectivity index (χ0n) is 10.5. The lowest BCUT2D eigenvalue weighted by molar-refractivity contribution is 0.164. The van der Waals surface area contributed by atoms with Crippen molar-refractivity contribution in [2.45, 2.75) is 63.5 Å². The van der Waals surface area contributed by atoms with Crippen molar-refractivity contribution in [2.24, 2.45) is 5.92 Å². The first-order valence-electron chi connectivity index (χ1n) is 7.39. The molecule has 16 heavy (non-hydrogen) atoms. The molecule has 3 aliphatic rings. The first-order chi connectivity index (χ1) is 7.92. The zero-order chi connectivity index (χ0) is 10.8. The molecule has 0 spiro atoms. The van der Waals surface area contributed by atoms with Crippen molar-refractivity contribution < 1.29 is 0 Å². The van der Waals surface area contributed by atoms with Gasteiger partial charge in [-0.25, -0.2) is 0 Å². The third kappa shape index (κ3) is 2.43. The Morgan fingerprint density at radius 2 is 1.94 bits per heavy atom. The molecule has 2 atom stereocenters. The predicted octanol–water partition coefficient (Wildman–Crippen LogP) is 2.39. The van der Waals surface area contributed by atoms with Gasteiger partial charge in [0.25, 0.3) is 0 Å². The molecule has 2 unspecified atom stereocenters. The lowest BCUT2D eigenvalue weighted by Gasteiger charge is -2.35. The van der Waals surface area contributed by atoms with Gasteiger partial charge in [0, 0.05) is 12.1 Å². The molecule has 92 valence electrons. The number of rotatable bonds is 4. The minimum Gasteiger partial charge on any atom is -0.314 e. The van der Waals surface area contributed by atoms with Crippen LogP contribution in [0.4, 0.5) is 0 Å². The van der Waals surface area contributed by atoms with Crippen molar-refractivity contribution in [3.8, 4) is 0 Å². The lowest BCUT2D eigenvalue weighted by Crippen LogP contribution is -2.46. The van der Waals surface area contributed by atoms with E-state index in [2.05, 4.69) is 10.2 Å². The van der Waals surface area contributed by atoms with Crippen LogP contribution in [0.5, 0.6) is 0 Å². The summed E-state index contributed by atoms with van der Waals surface area (Å²) in [5, 5.41) is 3.81. The molecule has 1 N–H and O–H groups in total. The van der Waals surface area contributed by atoms with Crippen LogP contribution in [0, 0.1) is 5.92 Å².